The van der Waals surface area contributed by atoms with Gasteiger partial charge < -0.3 is 10.2 Å². The van der Waals surface area contributed by atoms with E-state index < -0.39 is 0 Å². The molecule has 0 amide bonds. The van der Waals surface area contributed by atoms with Gasteiger partial charge in [0.05, 0.1) is 11.9 Å². The lowest BCUT2D eigenvalue weighted by Crippen LogP contribution is -2.35. The van der Waals surface area contributed by atoms with Gasteiger partial charge in [0.1, 0.15) is 0 Å². The molecule has 0 fully saturated rings. The number of rotatable bonds is 7. The lowest BCUT2D eigenvalue weighted by Gasteiger charge is -2.23. The third kappa shape index (κ3) is 3.90. The molecule has 0 aliphatic heterocycles. The Morgan fingerprint density at radius 2 is 2.31 bits per heavy atom. The van der Waals surface area contributed by atoms with Crippen molar-refractivity contribution in [3.8, 4) is 0 Å². The molecule has 1 N–H and O–H groups in total. The summed E-state index contributed by atoms with van der Waals surface area (Å²) < 4.78 is 1.80. The molecular formula is C11H23N5. The first-order valence-corrected chi connectivity index (χ1v) is 5.89. The maximum Gasteiger partial charge on any atom is 0.0738 e. The van der Waals surface area contributed by atoms with Gasteiger partial charge in [-0.3, -0.25) is 4.68 Å². The predicted molar refractivity (Wildman–Crippen MR) is 65.1 cm³/mol. The Bertz CT molecular complexity index is 296. The van der Waals surface area contributed by atoms with Crippen LogP contribution in [-0.4, -0.2) is 46.1 Å². The molecule has 16 heavy (non-hydrogen) atoms. The largest absolute Gasteiger partial charge is 0.310 e. The molecular weight excluding hydrogens is 202 g/mol. The molecule has 0 bridgehead atoms. The van der Waals surface area contributed by atoms with Crippen molar-refractivity contribution in [2.24, 2.45) is 7.05 Å². The number of aromatic nitrogens is 3. The van der Waals surface area contributed by atoms with Crippen LogP contribution in [0.25, 0.3) is 0 Å². The monoisotopic (exact) mass is 225 g/mol. The fraction of sp³-hybridized carbons (Fsp3) is 0.818. The Morgan fingerprint density at radius 3 is 2.88 bits per heavy atom. The van der Waals surface area contributed by atoms with E-state index in [2.05, 4.69) is 41.4 Å². The van der Waals surface area contributed by atoms with Gasteiger partial charge in [0.25, 0.3) is 0 Å². The summed E-state index contributed by atoms with van der Waals surface area (Å²) in [6, 6.07) is 0.653. The maximum absolute atomic E-state index is 3.89. The summed E-state index contributed by atoms with van der Waals surface area (Å²) >= 11 is 0. The number of nitrogens with one attached hydrogen (secondary N) is 1. The topological polar surface area (TPSA) is 46.0 Å². The van der Waals surface area contributed by atoms with Crippen LogP contribution in [0.2, 0.25) is 0 Å². The highest BCUT2D eigenvalue weighted by Gasteiger charge is 2.05. The minimum absolute atomic E-state index is 0.653. The molecule has 92 valence electrons. The second-order valence-electron chi connectivity index (χ2n) is 4.26. The van der Waals surface area contributed by atoms with Crippen LogP contribution in [0.5, 0.6) is 0 Å². The molecule has 1 rings (SSSR count). The number of nitrogens with zero attached hydrogens (tertiary/aromatic N) is 4. The third-order valence-electron chi connectivity index (χ3n) is 3.10. The SMILES string of the molecule is CCC(C)N(C)CCNCc1cnnn1C. The van der Waals surface area contributed by atoms with Crippen molar-refractivity contribution < 1.29 is 0 Å². The van der Waals surface area contributed by atoms with E-state index in [1.165, 1.54) is 6.42 Å². The molecule has 0 saturated heterocycles. The van der Waals surface area contributed by atoms with E-state index in [0.717, 1.165) is 25.3 Å². The molecule has 0 aliphatic carbocycles. The van der Waals surface area contributed by atoms with Crippen molar-refractivity contribution >= 4 is 0 Å². The van der Waals surface area contributed by atoms with Gasteiger partial charge in [-0.25, -0.2) is 0 Å². The van der Waals surface area contributed by atoms with Crippen LogP contribution >= 0.6 is 0 Å². The van der Waals surface area contributed by atoms with Crippen LogP contribution in [0.3, 0.4) is 0 Å². The Labute approximate surface area is 97.8 Å². The predicted octanol–water partition coefficient (Wildman–Crippen LogP) is 0.635. The summed E-state index contributed by atoms with van der Waals surface area (Å²) in [4.78, 5) is 2.37. The zero-order chi connectivity index (χ0) is 12.0. The molecule has 1 aromatic rings. The van der Waals surface area contributed by atoms with E-state index in [-0.39, 0.29) is 0 Å². The van der Waals surface area contributed by atoms with E-state index in [0.29, 0.717) is 6.04 Å². The Morgan fingerprint density at radius 1 is 1.56 bits per heavy atom. The van der Waals surface area contributed by atoms with E-state index in [1.54, 1.807) is 10.9 Å². The fourth-order valence-electron chi connectivity index (χ4n) is 1.47. The van der Waals surface area contributed by atoms with Gasteiger partial charge in [-0.05, 0) is 20.4 Å². The summed E-state index contributed by atoms with van der Waals surface area (Å²) in [6.07, 6.45) is 2.99. The summed E-state index contributed by atoms with van der Waals surface area (Å²) in [6.45, 7) is 7.37. The minimum Gasteiger partial charge on any atom is -0.310 e. The molecule has 1 heterocycles. The average molecular weight is 225 g/mol. The van der Waals surface area contributed by atoms with Crippen LogP contribution in [-0.2, 0) is 13.6 Å². The molecule has 0 radical (unpaired) electrons. The Balaban J connectivity index is 2.15. The van der Waals surface area contributed by atoms with Crippen molar-refractivity contribution in [2.45, 2.75) is 32.9 Å². The quantitative estimate of drug-likeness (QED) is 0.692. The molecule has 0 spiro atoms. The van der Waals surface area contributed by atoms with Gasteiger partial charge in [0.15, 0.2) is 0 Å². The first kappa shape index (κ1) is 13.1. The highest BCUT2D eigenvalue weighted by Crippen LogP contribution is 1.98. The van der Waals surface area contributed by atoms with Crippen molar-refractivity contribution in [1.82, 2.24) is 25.2 Å². The summed E-state index contributed by atoms with van der Waals surface area (Å²) in [5, 5.41) is 11.1. The molecule has 5 heteroatoms. The molecule has 1 aromatic heterocycles. The average Bonchev–Trinajstić information content (AvgIpc) is 2.69. The van der Waals surface area contributed by atoms with Gasteiger partial charge in [-0.1, -0.05) is 12.1 Å². The van der Waals surface area contributed by atoms with Crippen LogP contribution in [0.15, 0.2) is 6.20 Å². The van der Waals surface area contributed by atoms with Crippen LogP contribution < -0.4 is 5.32 Å². The molecule has 0 saturated carbocycles. The van der Waals surface area contributed by atoms with Gasteiger partial charge in [-0.2, -0.15) is 0 Å². The summed E-state index contributed by atoms with van der Waals surface area (Å²) in [5.74, 6) is 0. The van der Waals surface area contributed by atoms with E-state index in [9.17, 15) is 0 Å². The number of hydrogen-bond acceptors (Lipinski definition) is 4. The molecule has 1 unspecified atom stereocenters. The molecule has 0 aromatic carbocycles. The maximum atomic E-state index is 3.89. The van der Waals surface area contributed by atoms with Gasteiger partial charge in [-0.15, -0.1) is 5.10 Å². The summed E-state index contributed by atoms with van der Waals surface area (Å²) in [7, 11) is 4.08. The second-order valence-corrected chi connectivity index (χ2v) is 4.26. The van der Waals surface area contributed by atoms with Crippen LogP contribution in [0, 0.1) is 0 Å². The normalized spacial score (nSPS) is 13.3. The number of aryl methyl sites for hydroxylation is 1. The Hall–Kier alpha value is -0.940. The first-order chi connectivity index (χ1) is 7.65. The zero-order valence-electron chi connectivity index (χ0n) is 10.8. The minimum atomic E-state index is 0.653. The molecule has 5 nitrogen and oxygen atoms in total. The van der Waals surface area contributed by atoms with E-state index >= 15 is 0 Å². The highest BCUT2D eigenvalue weighted by atomic mass is 15.4. The zero-order valence-corrected chi connectivity index (χ0v) is 10.8. The van der Waals surface area contributed by atoms with E-state index in [1.807, 2.05) is 7.05 Å². The smallest absolute Gasteiger partial charge is 0.0738 e. The van der Waals surface area contributed by atoms with Gasteiger partial charge in [0.2, 0.25) is 0 Å². The van der Waals surface area contributed by atoms with Crippen molar-refractivity contribution in [3.05, 3.63) is 11.9 Å². The van der Waals surface area contributed by atoms with Crippen molar-refractivity contribution in [1.29, 1.82) is 0 Å². The fourth-order valence-corrected chi connectivity index (χ4v) is 1.47. The molecule has 1 atom stereocenters. The third-order valence-corrected chi connectivity index (χ3v) is 3.10. The number of likely N-dealkylation sites (N-methyl/N-ethyl adjacent to an activating group) is 1. The van der Waals surface area contributed by atoms with Crippen molar-refractivity contribution in [3.63, 3.8) is 0 Å². The number of hydrogen-bond donors (Lipinski definition) is 1. The summed E-state index contributed by atoms with van der Waals surface area (Å²) in [5.41, 5.74) is 1.12. The second kappa shape index (κ2) is 6.60. The molecule has 0 aliphatic rings. The van der Waals surface area contributed by atoms with Crippen LogP contribution in [0.1, 0.15) is 26.0 Å². The first-order valence-electron chi connectivity index (χ1n) is 5.89. The lowest BCUT2D eigenvalue weighted by atomic mass is 10.2. The van der Waals surface area contributed by atoms with Gasteiger partial charge in [0, 0.05) is 32.7 Å². The van der Waals surface area contributed by atoms with E-state index in [4.69, 9.17) is 0 Å². The van der Waals surface area contributed by atoms with Crippen LogP contribution in [0.4, 0.5) is 0 Å². The lowest BCUT2D eigenvalue weighted by molar-refractivity contribution is 0.251. The Kier molecular flexibility index (Phi) is 5.42. The standard InChI is InChI=1S/C11H23N5/c1-5-10(2)15(3)7-6-12-8-11-9-13-14-16(11)4/h9-10,12H,5-8H2,1-4H3. The van der Waals surface area contributed by atoms with Gasteiger partial charge >= 0.3 is 0 Å². The van der Waals surface area contributed by atoms with Crippen molar-refractivity contribution in [2.75, 3.05) is 20.1 Å². The highest BCUT2D eigenvalue weighted by molar-refractivity contribution is 4.92.